The molecule has 3 heteroatoms. The first-order chi connectivity index (χ1) is 4.35. The minimum atomic E-state index is 0.701. The van der Waals surface area contributed by atoms with Gasteiger partial charge in [0, 0.05) is 7.05 Å². The summed E-state index contributed by atoms with van der Waals surface area (Å²) in [5.41, 5.74) is 0. The molecular formula is C6H11N3. The molecule has 9 heavy (non-hydrogen) atoms. The smallest absolute Gasteiger partial charge is 0.127 e. The van der Waals surface area contributed by atoms with Gasteiger partial charge >= 0.3 is 0 Å². The predicted octanol–water partition coefficient (Wildman–Crippen LogP) is 0.787. The Kier molecular flexibility index (Phi) is 4.40. The van der Waals surface area contributed by atoms with Crippen molar-refractivity contribution in [3.8, 4) is 0 Å². The second kappa shape index (κ2) is 5.03. The zero-order valence-corrected chi connectivity index (χ0v) is 5.68. The third-order valence-corrected chi connectivity index (χ3v) is 0.784. The quantitative estimate of drug-likeness (QED) is 0.416. The van der Waals surface area contributed by atoms with Gasteiger partial charge in [-0.25, -0.2) is 4.99 Å². The fourth-order valence-electron chi connectivity index (χ4n) is 0.418. The lowest BCUT2D eigenvalue weighted by Crippen LogP contribution is -2.15. The van der Waals surface area contributed by atoms with Crippen LogP contribution in [0.25, 0.3) is 0 Å². The molecule has 0 aromatic heterocycles. The molecular weight excluding hydrogens is 114 g/mol. The highest BCUT2D eigenvalue weighted by molar-refractivity contribution is 5.96. The lowest BCUT2D eigenvalue weighted by Gasteiger charge is -1.93. The van der Waals surface area contributed by atoms with Crippen LogP contribution in [0.4, 0.5) is 0 Å². The number of nitrogens with zero attached hydrogens (tertiary/aromatic N) is 1. The number of amidine groups is 1. The van der Waals surface area contributed by atoms with Gasteiger partial charge < -0.3 is 5.32 Å². The Morgan fingerprint density at radius 2 is 2.33 bits per heavy atom. The Morgan fingerprint density at radius 1 is 1.67 bits per heavy atom. The summed E-state index contributed by atoms with van der Waals surface area (Å²) in [5, 5.41) is 9.44. The molecule has 0 unspecified atom stereocenters. The highest BCUT2D eigenvalue weighted by Gasteiger charge is 1.81. The second-order valence-corrected chi connectivity index (χ2v) is 1.39. The van der Waals surface area contributed by atoms with Crippen LogP contribution in [-0.2, 0) is 0 Å². The molecule has 0 saturated heterocycles. The van der Waals surface area contributed by atoms with Crippen LogP contribution >= 0.6 is 0 Å². The van der Waals surface area contributed by atoms with Crippen LogP contribution in [0.2, 0.25) is 0 Å². The van der Waals surface area contributed by atoms with E-state index in [1.165, 1.54) is 0 Å². The fraction of sp³-hybridized carbons (Fsp3) is 0.333. The largest absolute Gasteiger partial charge is 0.373 e. The van der Waals surface area contributed by atoms with Crippen molar-refractivity contribution >= 4 is 12.2 Å². The van der Waals surface area contributed by atoms with Gasteiger partial charge in [-0.3, -0.25) is 5.41 Å². The van der Waals surface area contributed by atoms with Crippen molar-refractivity contribution in [1.29, 1.82) is 5.41 Å². The van der Waals surface area contributed by atoms with Gasteiger partial charge in [-0.05, 0) is 13.0 Å². The first kappa shape index (κ1) is 7.88. The van der Waals surface area contributed by atoms with E-state index in [4.69, 9.17) is 5.41 Å². The summed E-state index contributed by atoms with van der Waals surface area (Å²) >= 11 is 0. The molecule has 0 heterocycles. The maximum atomic E-state index is 6.63. The van der Waals surface area contributed by atoms with Crippen LogP contribution in [0.1, 0.15) is 6.92 Å². The predicted molar refractivity (Wildman–Crippen MR) is 40.1 cm³/mol. The number of hydrogen-bond donors (Lipinski definition) is 2. The zero-order chi connectivity index (χ0) is 7.11. The van der Waals surface area contributed by atoms with Gasteiger partial charge in [0.2, 0.25) is 0 Å². The highest BCUT2D eigenvalue weighted by atomic mass is 15.0. The lowest BCUT2D eigenvalue weighted by atomic mass is 10.5. The summed E-state index contributed by atoms with van der Waals surface area (Å²) in [6.07, 6.45) is 4.66. The molecule has 0 atom stereocenters. The molecule has 3 nitrogen and oxygen atoms in total. The van der Waals surface area contributed by atoms with Gasteiger partial charge in [0.1, 0.15) is 12.2 Å². The van der Waals surface area contributed by atoms with E-state index in [2.05, 4.69) is 10.3 Å². The third-order valence-electron chi connectivity index (χ3n) is 0.784. The Balaban J connectivity index is 3.96. The van der Waals surface area contributed by atoms with E-state index in [1.807, 2.05) is 13.0 Å². The van der Waals surface area contributed by atoms with E-state index in [9.17, 15) is 0 Å². The van der Waals surface area contributed by atoms with E-state index in [1.54, 1.807) is 13.1 Å². The molecule has 0 spiro atoms. The Morgan fingerprint density at radius 3 is 2.67 bits per heavy atom. The van der Waals surface area contributed by atoms with Crippen LogP contribution in [0.5, 0.6) is 0 Å². The highest BCUT2D eigenvalue weighted by Crippen LogP contribution is 1.73. The summed E-state index contributed by atoms with van der Waals surface area (Å²) in [4.78, 5) is 3.69. The summed E-state index contributed by atoms with van der Waals surface area (Å²) in [6.45, 7) is 1.90. The molecule has 0 aromatic carbocycles. The van der Waals surface area contributed by atoms with E-state index in [0.717, 1.165) is 6.34 Å². The van der Waals surface area contributed by atoms with Gasteiger partial charge in [0.25, 0.3) is 0 Å². The van der Waals surface area contributed by atoms with Crippen LogP contribution in [0, 0.1) is 5.41 Å². The van der Waals surface area contributed by atoms with Crippen LogP contribution in [-0.4, -0.2) is 19.2 Å². The monoisotopic (exact) mass is 125 g/mol. The molecule has 0 aliphatic carbocycles. The zero-order valence-electron chi connectivity index (χ0n) is 5.68. The number of nitrogens with one attached hydrogen (secondary N) is 2. The average Bonchev–Trinajstić information content (AvgIpc) is 1.88. The molecule has 0 bridgehead atoms. The van der Waals surface area contributed by atoms with E-state index < -0.39 is 0 Å². The first-order valence-electron chi connectivity index (χ1n) is 2.72. The first-order valence-corrected chi connectivity index (χ1v) is 2.72. The number of allylic oxidation sites excluding steroid dienone is 1. The van der Waals surface area contributed by atoms with E-state index in [0.29, 0.717) is 5.84 Å². The number of likely N-dealkylation sites (N-methyl/N-ethyl adjacent to an activating group) is 1. The minimum absolute atomic E-state index is 0.701. The van der Waals surface area contributed by atoms with Crippen molar-refractivity contribution < 1.29 is 0 Å². The van der Waals surface area contributed by atoms with Gasteiger partial charge in [-0.1, -0.05) is 6.08 Å². The Bertz CT molecular complexity index is 135. The summed E-state index contributed by atoms with van der Waals surface area (Å²) in [7, 11) is 1.77. The number of hydrogen-bond acceptors (Lipinski definition) is 1. The molecule has 0 aromatic rings. The molecule has 0 amide bonds. The minimum Gasteiger partial charge on any atom is -0.373 e. The van der Waals surface area contributed by atoms with Crippen LogP contribution < -0.4 is 5.32 Å². The number of aliphatic imine (C=N–C) groups is 1. The van der Waals surface area contributed by atoms with E-state index >= 15 is 0 Å². The fourth-order valence-corrected chi connectivity index (χ4v) is 0.418. The molecule has 50 valence electrons. The van der Waals surface area contributed by atoms with Gasteiger partial charge in [-0.2, -0.15) is 0 Å². The SMILES string of the molecule is C/C=C\C(=N/C=N)NC. The normalized spacial score (nSPS) is 12.0. The second-order valence-electron chi connectivity index (χ2n) is 1.39. The van der Waals surface area contributed by atoms with Gasteiger partial charge in [0.15, 0.2) is 0 Å². The number of rotatable bonds is 2. The molecule has 0 saturated carbocycles. The van der Waals surface area contributed by atoms with Crippen LogP contribution in [0.3, 0.4) is 0 Å². The summed E-state index contributed by atoms with van der Waals surface area (Å²) in [6, 6.07) is 0. The maximum Gasteiger partial charge on any atom is 0.127 e. The van der Waals surface area contributed by atoms with E-state index in [-0.39, 0.29) is 0 Å². The molecule has 0 radical (unpaired) electrons. The standard InChI is InChI=1S/C6H11N3/c1-3-4-6(8-2)9-5-7/h3-5H,1-2H3,(H2,7,8,9)/b4-3-. The lowest BCUT2D eigenvalue weighted by molar-refractivity contribution is 1.18. The summed E-state index contributed by atoms with van der Waals surface area (Å²) < 4.78 is 0. The van der Waals surface area contributed by atoms with Crippen LogP contribution in [0.15, 0.2) is 17.1 Å². The van der Waals surface area contributed by atoms with Gasteiger partial charge in [0.05, 0.1) is 0 Å². The Labute approximate surface area is 55.0 Å². The molecule has 0 aliphatic rings. The molecule has 0 rings (SSSR count). The Hall–Kier alpha value is -1.12. The summed E-state index contributed by atoms with van der Waals surface area (Å²) in [5.74, 6) is 0.701. The van der Waals surface area contributed by atoms with Crippen molar-refractivity contribution in [1.82, 2.24) is 5.32 Å². The molecule has 0 aliphatic heterocycles. The van der Waals surface area contributed by atoms with Crippen molar-refractivity contribution in [2.75, 3.05) is 7.05 Å². The average molecular weight is 125 g/mol. The van der Waals surface area contributed by atoms with Crippen molar-refractivity contribution in [3.05, 3.63) is 12.2 Å². The van der Waals surface area contributed by atoms with Crippen molar-refractivity contribution in [2.24, 2.45) is 4.99 Å². The maximum absolute atomic E-state index is 6.63. The third kappa shape index (κ3) is 3.46. The van der Waals surface area contributed by atoms with Crippen molar-refractivity contribution in [2.45, 2.75) is 6.92 Å². The topological polar surface area (TPSA) is 48.2 Å². The van der Waals surface area contributed by atoms with Crippen molar-refractivity contribution in [3.63, 3.8) is 0 Å². The molecule has 0 fully saturated rings. The molecule has 2 N–H and O–H groups in total. The van der Waals surface area contributed by atoms with Gasteiger partial charge in [-0.15, -0.1) is 0 Å².